The largest absolute Gasteiger partial charge is 0.497 e. The lowest BCUT2D eigenvalue weighted by Crippen LogP contribution is -2.49. The Hall–Kier alpha value is -1.79. The molecule has 2 heterocycles. The highest BCUT2D eigenvalue weighted by Gasteiger charge is 2.25. The van der Waals surface area contributed by atoms with Gasteiger partial charge in [0.2, 0.25) is 5.91 Å². The van der Waals surface area contributed by atoms with Crippen molar-refractivity contribution < 1.29 is 19.0 Å². The van der Waals surface area contributed by atoms with Crippen molar-refractivity contribution in [2.24, 2.45) is 5.92 Å². The standard InChI is InChI=1S/C19H28N2O4/c1-23-17-3-2-4-18(14-17)25-12-10-20-6-8-21(9-7-20)19(22)13-16-5-11-24-15-16/h2-4,14,16H,5-13,15H2,1H3. The van der Waals surface area contributed by atoms with Gasteiger partial charge in [0, 0.05) is 58.4 Å². The van der Waals surface area contributed by atoms with Crippen LogP contribution in [0, 0.1) is 5.92 Å². The van der Waals surface area contributed by atoms with E-state index in [0.717, 1.165) is 63.9 Å². The lowest BCUT2D eigenvalue weighted by molar-refractivity contribution is -0.134. The number of benzene rings is 1. The van der Waals surface area contributed by atoms with E-state index in [4.69, 9.17) is 14.2 Å². The number of amides is 1. The fourth-order valence-electron chi connectivity index (χ4n) is 3.32. The molecule has 6 heteroatoms. The van der Waals surface area contributed by atoms with E-state index in [1.165, 1.54) is 0 Å². The maximum absolute atomic E-state index is 12.3. The van der Waals surface area contributed by atoms with Gasteiger partial charge >= 0.3 is 0 Å². The van der Waals surface area contributed by atoms with Gasteiger partial charge in [-0.15, -0.1) is 0 Å². The van der Waals surface area contributed by atoms with E-state index >= 15 is 0 Å². The zero-order chi connectivity index (χ0) is 17.5. The predicted molar refractivity (Wildman–Crippen MR) is 95.1 cm³/mol. The first-order chi connectivity index (χ1) is 12.2. The van der Waals surface area contributed by atoms with Crippen LogP contribution in [-0.2, 0) is 9.53 Å². The Bertz CT molecular complexity index is 552. The van der Waals surface area contributed by atoms with E-state index in [-0.39, 0.29) is 5.91 Å². The molecule has 0 aromatic heterocycles. The monoisotopic (exact) mass is 348 g/mol. The Morgan fingerprint density at radius 2 is 2.04 bits per heavy atom. The summed E-state index contributed by atoms with van der Waals surface area (Å²) in [4.78, 5) is 16.7. The number of carbonyl (C=O) groups is 1. The van der Waals surface area contributed by atoms with Crippen LogP contribution in [0.5, 0.6) is 11.5 Å². The van der Waals surface area contributed by atoms with Gasteiger partial charge in [-0.25, -0.2) is 0 Å². The summed E-state index contributed by atoms with van der Waals surface area (Å²) in [5.41, 5.74) is 0. The molecule has 0 aliphatic carbocycles. The minimum absolute atomic E-state index is 0.280. The van der Waals surface area contributed by atoms with Gasteiger partial charge in [-0.05, 0) is 24.5 Å². The van der Waals surface area contributed by atoms with Crippen molar-refractivity contribution in [1.82, 2.24) is 9.80 Å². The Kier molecular flexibility index (Phi) is 6.53. The topological polar surface area (TPSA) is 51.2 Å². The summed E-state index contributed by atoms with van der Waals surface area (Å²) in [5.74, 6) is 2.33. The summed E-state index contributed by atoms with van der Waals surface area (Å²) < 4.78 is 16.4. The van der Waals surface area contributed by atoms with E-state index < -0.39 is 0 Å². The molecule has 1 aromatic rings. The molecule has 138 valence electrons. The van der Waals surface area contributed by atoms with Crippen LogP contribution < -0.4 is 9.47 Å². The van der Waals surface area contributed by atoms with E-state index in [1.807, 2.05) is 29.2 Å². The van der Waals surface area contributed by atoms with Crippen molar-refractivity contribution >= 4 is 5.91 Å². The van der Waals surface area contributed by atoms with Crippen molar-refractivity contribution in [1.29, 1.82) is 0 Å². The Labute approximate surface area is 149 Å². The summed E-state index contributed by atoms with van der Waals surface area (Å²) in [5, 5.41) is 0. The molecule has 1 aromatic carbocycles. The van der Waals surface area contributed by atoms with Crippen molar-refractivity contribution in [2.75, 3.05) is 59.7 Å². The number of piperazine rings is 1. The minimum atomic E-state index is 0.280. The molecule has 25 heavy (non-hydrogen) atoms. The van der Waals surface area contributed by atoms with Crippen LogP contribution in [0.4, 0.5) is 0 Å². The highest BCUT2D eigenvalue weighted by atomic mass is 16.5. The second-order valence-corrected chi connectivity index (χ2v) is 6.68. The number of rotatable bonds is 7. The zero-order valence-electron chi connectivity index (χ0n) is 15.0. The highest BCUT2D eigenvalue weighted by molar-refractivity contribution is 5.76. The first-order valence-electron chi connectivity index (χ1n) is 9.09. The summed E-state index contributed by atoms with van der Waals surface area (Å²) >= 11 is 0. The first kappa shape index (κ1) is 18.0. The maximum Gasteiger partial charge on any atom is 0.223 e. The van der Waals surface area contributed by atoms with Crippen LogP contribution in [0.3, 0.4) is 0 Å². The molecule has 0 bridgehead atoms. The van der Waals surface area contributed by atoms with Gasteiger partial charge in [0.15, 0.2) is 0 Å². The molecule has 6 nitrogen and oxygen atoms in total. The average molecular weight is 348 g/mol. The molecule has 3 rings (SSSR count). The Morgan fingerprint density at radius 3 is 2.76 bits per heavy atom. The highest BCUT2D eigenvalue weighted by Crippen LogP contribution is 2.19. The predicted octanol–water partition coefficient (Wildman–Crippen LogP) is 1.64. The molecule has 2 aliphatic rings. The summed E-state index contributed by atoms with van der Waals surface area (Å²) in [6, 6.07) is 7.66. The third-order valence-electron chi connectivity index (χ3n) is 4.93. The quantitative estimate of drug-likeness (QED) is 0.750. The summed E-state index contributed by atoms with van der Waals surface area (Å²) in [7, 11) is 1.65. The van der Waals surface area contributed by atoms with Gasteiger partial charge in [-0.3, -0.25) is 9.69 Å². The van der Waals surface area contributed by atoms with Crippen LogP contribution >= 0.6 is 0 Å². The van der Waals surface area contributed by atoms with Crippen molar-refractivity contribution in [3.63, 3.8) is 0 Å². The third-order valence-corrected chi connectivity index (χ3v) is 4.93. The molecular formula is C19H28N2O4. The van der Waals surface area contributed by atoms with E-state index in [1.54, 1.807) is 7.11 Å². The third kappa shape index (κ3) is 5.34. The number of hydrogen-bond acceptors (Lipinski definition) is 5. The molecule has 0 radical (unpaired) electrons. The molecule has 2 saturated heterocycles. The smallest absolute Gasteiger partial charge is 0.223 e. The van der Waals surface area contributed by atoms with Gasteiger partial charge in [-0.2, -0.15) is 0 Å². The first-order valence-corrected chi connectivity index (χ1v) is 9.09. The fraction of sp³-hybridized carbons (Fsp3) is 0.632. The number of hydrogen-bond donors (Lipinski definition) is 0. The summed E-state index contributed by atoms with van der Waals surface area (Å²) in [6.45, 7) is 6.50. The molecule has 1 atom stereocenters. The SMILES string of the molecule is COc1cccc(OCCN2CCN(C(=O)CC3CCOC3)CC2)c1. The van der Waals surface area contributed by atoms with Crippen molar-refractivity contribution in [2.45, 2.75) is 12.8 Å². The normalized spacial score (nSPS) is 21.3. The van der Waals surface area contributed by atoms with Crippen molar-refractivity contribution in [3.05, 3.63) is 24.3 Å². The van der Waals surface area contributed by atoms with E-state index in [2.05, 4.69) is 4.90 Å². The van der Waals surface area contributed by atoms with Gasteiger partial charge in [-0.1, -0.05) is 6.07 Å². The van der Waals surface area contributed by atoms with Gasteiger partial charge in [0.1, 0.15) is 18.1 Å². The number of nitrogens with zero attached hydrogens (tertiary/aromatic N) is 2. The lowest BCUT2D eigenvalue weighted by atomic mass is 10.0. The number of ether oxygens (including phenoxy) is 3. The molecule has 2 aliphatic heterocycles. The van der Waals surface area contributed by atoms with Crippen LogP contribution in [-0.4, -0.2) is 75.4 Å². The van der Waals surface area contributed by atoms with Crippen LogP contribution in [0.15, 0.2) is 24.3 Å². The Morgan fingerprint density at radius 1 is 1.24 bits per heavy atom. The van der Waals surface area contributed by atoms with Gasteiger partial charge in [0.25, 0.3) is 0 Å². The zero-order valence-corrected chi connectivity index (χ0v) is 15.0. The number of methoxy groups -OCH3 is 1. The minimum Gasteiger partial charge on any atom is -0.497 e. The van der Waals surface area contributed by atoms with Gasteiger partial charge < -0.3 is 19.1 Å². The molecule has 2 fully saturated rings. The number of carbonyl (C=O) groups excluding carboxylic acids is 1. The maximum atomic E-state index is 12.3. The average Bonchev–Trinajstić information content (AvgIpc) is 3.15. The molecular weight excluding hydrogens is 320 g/mol. The second-order valence-electron chi connectivity index (χ2n) is 6.68. The molecule has 0 spiro atoms. The lowest BCUT2D eigenvalue weighted by Gasteiger charge is -2.35. The van der Waals surface area contributed by atoms with Crippen LogP contribution in [0.25, 0.3) is 0 Å². The van der Waals surface area contributed by atoms with E-state index in [0.29, 0.717) is 18.9 Å². The molecule has 0 N–H and O–H groups in total. The summed E-state index contributed by atoms with van der Waals surface area (Å²) in [6.07, 6.45) is 1.66. The van der Waals surface area contributed by atoms with E-state index in [9.17, 15) is 4.79 Å². The second kappa shape index (κ2) is 9.06. The van der Waals surface area contributed by atoms with Crippen LogP contribution in [0.2, 0.25) is 0 Å². The van der Waals surface area contributed by atoms with Crippen LogP contribution in [0.1, 0.15) is 12.8 Å². The van der Waals surface area contributed by atoms with Crippen molar-refractivity contribution in [3.8, 4) is 11.5 Å². The Balaban J connectivity index is 1.34. The molecule has 1 unspecified atom stereocenters. The molecule has 0 saturated carbocycles. The molecule has 1 amide bonds. The fourth-order valence-corrected chi connectivity index (χ4v) is 3.32. The van der Waals surface area contributed by atoms with Gasteiger partial charge in [0.05, 0.1) is 7.11 Å².